The van der Waals surface area contributed by atoms with E-state index in [0.717, 1.165) is 23.1 Å². The molecule has 12 nitrogen and oxygen atoms in total. The summed E-state index contributed by atoms with van der Waals surface area (Å²) in [6.45, 7) is 8.14. The first-order chi connectivity index (χ1) is 22.5. The Labute approximate surface area is 270 Å². The normalized spacial score (nSPS) is 16.2. The van der Waals surface area contributed by atoms with Crippen LogP contribution in [0.4, 0.5) is 19.4 Å². The molecule has 0 radical (unpaired) electrons. The molecule has 1 atom stereocenters. The van der Waals surface area contributed by atoms with E-state index in [1.54, 1.807) is 28.8 Å². The summed E-state index contributed by atoms with van der Waals surface area (Å²) in [4.78, 5) is 28.2. The number of hydrogen-bond donors (Lipinski definition) is 2. The Bertz CT molecular complexity index is 1860. The summed E-state index contributed by atoms with van der Waals surface area (Å²) in [5.41, 5.74) is 1.17. The Morgan fingerprint density at radius 2 is 1.89 bits per heavy atom. The van der Waals surface area contributed by atoms with Gasteiger partial charge in [-0.15, -0.1) is 0 Å². The molecule has 2 aromatic carbocycles. The molecule has 1 saturated heterocycles. The molecule has 14 heteroatoms. The number of methoxy groups -OCH3 is 1. The van der Waals surface area contributed by atoms with Gasteiger partial charge in [-0.2, -0.15) is 5.10 Å². The third-order valence-corrected chi connectivity index (χ3v) is 7.56. The van der Waals surface area contributed by atoms with Gasteiger partial charge in [0, 0.05) is 48.5 Å². The van der Waals surface area contributed by atoms with Crippen LogP contribution in [-0.2, 0) is 16.0 Å². The molecule has 0 spiro atoms. The van der Waals surface area contributed by atoms with Crippen LogP contribution in [0.1, 0.15) is 37.9 Å². The fourth-order valence-corrected chi connectivity index (χ4v) is 5.44. The van der Waals surface area contributed by atoms with Gasteiger partial charge in [-0.05, 0) is 39.8 Å². The lowest BCUT2D eigenvalue weighted by molar-refractivity contribution is 0.0295. The maximum Gasteiger partial charge on any atom is 0.410 e. The predicted octanol–water partition coefficient (Wildman–Crippen LogP) is 4.78. The fraction of sp³-hybridized carbons (Fsp3) is 0.364. The van der Waals surface area contributed by atoms with E-state index in [1.807, 2.05) is 45.0 Å². The summed E-state index contributed by atoms with van der Waals surface area (Å²) in [7, 11) is 1.52. The van der Waals surface area contributed by atoms with Gasteiger partial charge in [-0.25, -0.2) is 28.5 Å². The van der Waals surface area contributed by atoms with Crippen molar-refractivity contribution >= 4 is 28.6 Å². The van der Waals surface area contributed by atoms with Gasteiger partial charge in [0.25, 0.3) is 0 Å². The third-order valence-electron chi connectivity index (χ3n) is 7.56. The van der Waals surface area contributed by atoms with Crippen molar-refractivity contribution in [2.24, 2.45) is 4.99 Å². The highest BCUT2D eigenvalue weighted by Gasteiger charge is 2.39. The summed E-state index contributed by atoms with van der Waals surface area (Å²) in [6, 6.07) is 11.1. The van der Waals surface area contributed by atoms with Crippen molar-refractivity contribution in [1.29, 1.82) is 0 Å². The molecule has 0 aliphatic carbocycles. The first-order valence-electron chi connectivity index (χ1n) is 15.2. The number of halogens is 2. The van der Waals surface area contributed by atoms with Crippen molar-refractivity contribution in [3.8, 4) is 5.75 Å². The molecule has 1 amide bonds. The first kappa shape index (κ1) is 31.9. The molecule has 2 aliphatic rings. The van der Waals surface area contributed by atoms with E-state index in [0.29, 0.717) is 41.1 Å². The van der Waals surface area contributed by atoms with Crippen LogP contribution in [-0.4, -0.2) is 81.6 Å². The topological polar surface area (TPSA) is 128 Å². The summed E-state index contributed by atoms with van der Waals surface area (Å²) in [5, 5.41) is 12.3. The Hall–Kier alpha value is -5.11. The van der Waals surface area contributed by atoms with Crippen molar-refractivity contribution in [3.05, 3.63) is 88.8 Å². The maximum atomic E-state index is 15.2. The Morgan fingerprint density at radius 1 is 1.13 bits per heavy atom. The molecule has 0 saturated carbocycles. The number of carbonyl (C=O) groups is 1. The molecule has 2 aromatic heterocycles. The fourth-order valence-electron chi connectivity index (χ4n) is 5.44. The molecule has 4 heterocycles. The molecule has 2 aliphatic heterocycles. The lowest BCUT2D eigenvalue weighted by Crippen LogP contribution is -2.43. The molecule has 1 fully saturated rings. The molecule has 47 heavy (non-hydrogen) atoms. The van der Waals surface area contributed by atoms with Crippen molar-refractivity contribution in [2.75, 3.05) is 38.7 Å². The second kappa shape index (κ2) is 12.9. The number of amides is 1. The SMILES string of the molecule is COCCOc1cc(F)c(Cn2nc(C3=NC(Nc4ccnc(C)n4)=C4CN(C(=O)OC(C)(C)C)CC4N3)c3ccccc32)c(F)c1. The number of nitrogens with zero attached hydrogens (tertiary/aromatic N) is 6. The van der Waals surface area contributed by atoms with E-state index in [4.69, 9.17) is 24.3 Å². The number of amidine groups is 1. The van der Waals surface area contributed by atoms with Gasteiger partial charge in [-0.1, -0.05) is 18.2 Å². The largest absolute Gasteiger partial charge is 0.491 e. The van der Waals surface area contributed by atoms with Crippen LogP contribution >= 0.6 is 0 Å². The zero-order valence-electron chi connectivity index (χ0n) is 26.8. The standard InChI is InChI=1S/C33H36F2N8O4/c1-19-36-11-10-28(37-19)39-30-23-16-42(32(44)47-33(2,3)4)18-26(23)38-31(40-30)29-21-8-6-7-9-27(21)43(41-29)17-22-24(34)14-20(15-25(22)35)46-13-12-45-5/h6-11,14-15,26H,12-13,16-18H2,1-5H3,(H,38,40)(H,36,37,39). The van der Waals surface area contributed by atoms with Crippen molar-refractivity contribution in [3.63, 3.8) is 0 Å². The number of fused-ring (bicyclic) bond motifs is 2. The maximum absolute atomic E-state index is 15.2. The number of carbonyl (C=O) groups excluding carboxylic acids is 1. The van der Waals surface area contributed by atoms with Crippen LogP contribution < -0.4 is 15.4 Å². The second-order valence-electron chi connectivity index (χ2n) is 12.2. The second-order valence-corrected chi connectivity index (χ2v) is 12.2. The number of likely N-dealkylation sites (tertiary alicyclic amines) is 1. The number of para-hydroxylation sites is 1. The molecule has 1 unspecified atom stereocenters. The molecule has 246 valence electrons. The quantitative estimate of drug-likeness (QED) is 0.247. The van der Waals surface area contributed by atoms with E-state index in [2.05, 4.69) is 20.6 Å². The zero-order valence-corrected chi connectivity index (χ0v) is 26.8. The van der Waals surface area contributed by atoms with Gasteiger partial charge >= 0.3 is 6.09 Å². The Morgan fingerprint density at radius 3 is 2.62 bits per heavy atom. The van der Waals surface area contributed by atoms with Crippen LogP contribution in [0, 0.1) is 18.6 Å². The number of rotatable bonds is 9. The minimum atomic E-state index is -0.751. The van der Waals surface area contributed by atoms with E-state index in [9.17, 15) is 4.79 Å². The van der Waals surface area contributed by atoms with Crippen molar-refractivity contribution in [2.45, 2.75) is 45.9 Å². The lowest BCUT2D eigenvalue weighted by atomic mass is 10.1. The van der Waals surface area contributed by atoms with Crippen LogP contribution in [0.5, 0.6) is 5.75 Å². The van der Waals surface area contributed by atoms with Crippen LogP contribution in [0.3, 0.4) is 0 Å². The van der Waals surface area contributed by atoms with Crippen molar-refractivity contribution < 1.29 is 27.8 Å². The first-order valence-corrected chi connectivity index (χ1v) is 15.2. The monoisotopic (exact) mass is 646 g/mol. The molecule has 2 N–H and O–H groups in total. The highest BCUT2D eigenvalue weighted by atomic mass is 19.1. The van der Waals surface area contributed by atoms with Gasteiger partial charge in [0.05, 0.1) is 31.3 Å². The summed E-state index contributed by atoms with van der Waals surface area (Å²) in [5.74, 6) is 0.624. The number of anilines is 1. The summed E-state index contributed by atoms with van der Waals surface area (Å²) in [6.07, 6.45) is 1.21. The predicted molar refractivity (Wildman–Crippen MR) is 171 cm³/mol. The smallest absolute Gasteiger partial charge is 0.410 e. The molecule has 6 rings (SSSR count). The number of aryl methyl sites for hydroxylation is 1. The van der Waals surface area contributed by atoms with Gasteiger partial charge in [0.15, 0.2) is 5.84 Å². The van der Waals surface area contributed by atoms with Gasteiger partial charge in [0.2, 0.25) is 0 Å². The van der Waals surface area contributed by atoms with Crippen LogP contribution in [0.15, 0.2) is 65.0 Å². The van der Waals surface area contributed by atoms with Crippen molar-refractivity contribution in [1.82, 2.24) is 30.0 Å². The van der Waals surface area contributed by atoms with Crippen LogP contribution in [0.25, 0.3) is 10.9 Å². The average Bonchev–Trinajstić information content (AvgIpc) is 3.61. The number of benzene rings is 2. The summed E-state index contributed by atoms with van der Waals surface area (Å²) < 4.78 is 48.0. The number of ether oxygens (including phenoxy) is 3. The van der Waals surface area contributed by atoms with E-state index in [-0.39, 0.29) is 43.7 Å². The molecular formula is C33H36F2N8O4. The van der Waals surface area contributed by atoms with Gasteiger partial charge in [0.1, 0.15) is 52.7 Å². The molecule has 0 bridgehead atoms. The Balaban J connectivity index is 1.35. The number of aliphatic imine (C=N–C) groups is 1. The third kappa shape index (κ3) is 7.02. The van der Waals surface area contributed by atoms with E-state index >= 15 is 8.78 Å². The summed E-state index contributed by atoms with van der Waals surface area (Å²) >= 11 is 0. The Kier molecular flexibility index (Phi) is 8.78. The van der Waals surface area contributed by atoms with Gasteiger partial charge in [-0.3, -0.25) is 4.68 Å². The zero-order chi connectivity index (χ0) is 33.3. The van der Waals surface area contributed by atoms with E-state index in [1.165, 1.54) is 7.11 Å². The average molecular weight is 647 g/mol. The minimum absolute atomic E-state index is 0.0751. The van der Waals surface area contributed by atoms with E-state index < -0.39 is 23.3 Å². The highest BCUT2D eigenvalue weighted by molar-refractivity contribution is 6.09. The lowest BCUT2D eigenvalue weighted by Gasteiger charge is -2.24. The number of nitrogens with one attached hydrogen (secondary N) is 2. The number of aromatic nitrogens is 4. The van der Waals surface area contributed by atoms with Crippen LogP contribution in [0.2, 0.25) is 0 Å². The number of hydrogen-bond acceptors (Lipinski definition) is 10. The van der Waals surface area contributed by atoms with Gasteiger partial charge < -0.3 is 29.7 Å². The minimum Gasteiger partial charge on any atom is -0.491 e. The molecular weight excluding hydrogens is 610 g/mol. The highest BCUT2D eigenvalue weighted by Crippen LogP contribution is 2.30. The molecule has 4 aromatic rings.